The van der Waals surface area contributed by atoms with Crippen LogP contribution in [0, 0.1) is 17.8 Å². The maximum atomic E-state index is 2.99. The lowest BCUT2D eigenvalue weighted by Gasteiger charge is -1.82. The predicted octanol–water partition coefficient (Wildman–Crippen LogP) is 1.42. The van der Waals surface area contributed by atoms with Gasteiger partial charge in [-0.15, -0.1) is 0 Å². The van der Waals surface area contributed by atoms with Crippen LogP contribution in [0.3, 0.4) is 0 Å². The van der Waals surface area contributed by atoms with E-state index < -0.39 is 0 Å². The van der Waals surface area contributed by atoms with Crippen molar-refractivity contribution in [2.45, 2.75) is 19.8 Å². The largest absolute Gasteiger partial charge is 0.0855 e. The second kappa shape index (κ2) is 1.34. The summed E-state index contributed by atoms with van der Waals surface area (Å²) in [5, 5.41) is 0. The highest BCUT2D eigenvalue weighted by Crippen LogP contribution is 2.10. The highest BCUT2D eigenvalue weighted by atomic mass is 14.1. The first-order valence-electron chi connectivity index (χ1n) is 2.44. The Morgan fingerprint density at radius 2 is 2.17 bits per heavy atom. The van der Waals surface area contributed by atoms with Crippen molar-refractivity contribution >= 4 is 0 Å². The van der Waals surface area contributed by atoms with Crippen LogP contribution in [0.25, 0.3) is 0 Å². The maximum absolute atomic E-state index is 2.99. The number of hydrogen-bond donors (Lipinski definition) is 0. The fraction of sp³-hybridized carbons (Fsp3) is 0.667. The molecule has 0 aromatic rings. The first kappa shape index (κ1) is 3.74. The summed E-state index contributed by atoms with van der Waals surface area (Å²) in [6.07, 6.45) is 2.53. The van der Waals surface area contributed by atoms with Crippen molar-refractivity contribution in [2.24, 2.45) is 5.92 Å². The first-order valence-corrected chi connectivity index (χ1v) is 2.44. The monoisotopic (exact) mass is 80.1 g/mol. The Balaban J connectivity index is 1.91. The van der Waals surface area contributed by atoms with E-state index in [0.29, 0.717) is 5.92 Å². The smallest absolute Gasteiger partial charge is 0.0812 e. The van der Waals surface area contributed by atoms with E-state index in [-0.39, 0.29) is 0 Å². The average Bonchev–Trinajstić information content (AvgIpc) is 2.21. The van der Waals surface area contributed by atoms with Crippen molar-refractivity contribution in [2.75, 3.05) is 0 Å². The van der Waals surface area contributed by atoms with Gasteiger partial charge >= 0.3 is 0 Å². The summed E-state index contributed by atoms with van der Waals surface area (Å²) in [5.41, 5.74) is 0. The van der Waals surface area contributed by atoms with Gasteiger partial charge in [-0.05, 0) is 6.42 Å². The van der Waals surface area contributed by atoms with Crippen molar-refractivity contribution in [3.05, 3.63) is 0 Å². The normalized spacial score (nSPS) is 16.2. The molecule has 32 valence electrons. The summed E-state index contributed by atoms with van der Waals surface area (Å²) in [7, 11) is 0. The molecule has 0 saturated heterocycles. The van der Waals surface area contributed by atoms with Gasteiger partial charge in [0.25, 0.3) is 0 Å². The molecule has 0 heterocycles. The Morgan fingerprint density at radius 3 is 2.33 bits per heavy atom. The molecule has 0 N–H and O–H groups in total. The minimum Gasteiger partial charge on any atom is -0.0855 e. The van der Waals surface area contributed by atoms with Crippen LogP contribution in [0.1, 0.15) is 19.8 Å². The van der Waals surface area contributed by atoms with Crippen molar-refractivity contribution in [3.8, 4) is 11.8 Å². The molecular formula is C6H8. The molecule has 0 unspecified atom stereocenters. The zero-order valence-corrected chi connectivity index (χ0v) is 3.99. The molecule has 0 amide bonds. The van der Waals surface area contributed by atoms with Crippen LogP contribution in [0.4, 0.5) is 0 Å². The Kier molecular flexibility index (Phi) is 0.837. The van der Waals surface area contributed by atoms with Crippen LogP contribution >= 0.6 is 0 Å². The van der Waals surface area contributed by atoms with Crippen LogP contribution in [0.15, 0.2) is 0 Å². The molecule has 0 spiro atoms. The molecule has 1 rings (SSSR count). The second-order valence-electron chi connectivity index (χ2n) is 1.63. The third-order valence-electron chi connectivity index (χ3n) is 0.926. The molecule has 0 aliphatic heterocycles. The predicted molar refractivity (Wildman–Crippen MR) is 26.2 cm³/mol. The van der Waals surface area contributed by atoms with E-state index in [1.54, 1.807) is 0 Å². The topological polar surface area (TPSA) is 0 Å². The molecule has 0 aromatic heterocycles. The van der Waals surface area contributed by atoms with Gasteiger partial charge in [-0.25, -0.2) is 0 Å². The molecule has 0 bridgehead atoms. The fourth-order valence-corrected chi connectivity index (χ4v) is 0.492. The first-order chi connectivity index (χ1) is 2.93. The second-order valence-corrected chi connectivity index (χ2v) is 1.63. The van der Waals surface area contributed by atoms with E-state index in [1.165, 1.54) is 12.8 Å². The number of rotatable bonds is 2. The van der Waals surface area contributed by atoms with Crippen LogP contribution in [0.2, 0.25) is 0 Å². The van der Waals surface area contributed by atoms with Crippen molar-refractivity contribution < 1.29 is 0 Å². The molecule has 0 nitrogen and oxygen atoms in total. The molecule has 6 heavy (non-hydrogen) atoms. The van der Waals surface area contributed by atoms with Crippen LogP contribution in [-0.4, -0.2) is 0 Å². The Bertz CT molecular complexity index is 84.3. The lowest BCUT2D eigenvalue weighted by Crippen LogP contribution is -1.74. The fourth-order valence-electron chi connectivity index (χ4n) is 0.492. The van der Waals surface area contributed by atoms with Crippen LogP contribution in [-0.2, 0) is 0 Å². The summed E-state index contributed by atoms with van der Waals surface area (Å²) >= 11 is 0. The Morgan fingerprint density at radius 1 is 1.50 bits per heavy atom. The minimum atomic E-state index is 0.648. The highest BCUT2D eigenvalue weighted by molar-refractivity contribution is 5.29. The van der Waals surface area contributed by atoms with E-state index in [2.05, 4.69) is 18.8 Å². The standard InChI is InChI=1S/C6H8/c1-2-3-6-4-5-6/h6H,2-3H2,1H3. The molecule has 0 atom stereocenters. The summed E-state index contributed by atoms with van der Waals surface area (Å²) in [5.74, 6) is 6.62. The van der Waals surface area contributed by atoms with Crippen molar-refractivity contribution in [3.63, 3.8) is 0 Å². The van der Waals surface area contributed by atoms with Crippen LogP contribution in [0.5, 0.6) is 0 Å². The summed E-state index contributed by atoms with van der Waals surface area (Å²) in [6.45, 7) is 2.18. The molecule has 0 aromatic carbocycles. The zero-order valence-electron chi connectivity index (χ0n) is 3.99. The zero-order chi connectivity index (χ0) is 4.41. The molecular weight excluding hydrogens is 72.1 g/mol. The Hall–Kier alpha value is -0.440. The maximum Gasteiger partial charge on any atom is 0.0812 e. The SMILES string of the molecule is CCCC1C#C1. The third kappa shape index (κ3) is 0.755. The third-order valence-corrected chi connectivity index (χ3v) is 0.926. The van der Waals surface area contributed by atoms with Gasteiger partial charge in [-0.3, -0.25) is 0 Å². The highest BCUT2D eigenvalue weighted by Gasteiger charge is 2.05. The quantitative estimate of drug-likeness (QED) is 0.440. The summed E-state index contributed by atoms with van der Waals surface area (Å²) in [6, 6.07) is 0. The lowest BCUT2D eigenvalue weighted by atomic mass is 10.2. The van der Waals surface area contributed by atoms with Crippen molar-refractivity contribution in [1.82, 2.24) is 0 Å². The van der Waals surface area contributed by atoms with Gasteiger partial charge in [-0.1, -0.05) is 25.2 Å². The summed E-state index contributed by atoms with van der Waals surface area (Å²) < 4.78 is 0. The molecule has 0 fully saturated rings. The van der Waals surface area contributed by atoms with E-state index >= 15 is 0 Å². The summed E-state index contributed by atoms with van der Waals surface area (Å²) in [4.78, 5) is 0. The minimum absolute atomic E-state index is 0.648. The van der Waals surface area contributed by atoms with Gasteiger partial charge in [0, 0.05) is 0 Å². The van der Waals surface area contributed by atoms with Gasteiger partial charge in [0.1, 0.15) is 0 Å². The molecule has 0 heteroatoms. The van der Waals surface area contributed by atoms with Gasteiger partial charge in [0.2, 0.25) is 0 Å². The molecule has 1 aliphatic carbocycles. The lowest BCUT2D eigenvalue weighted by molar-refractivity contribution is 0.763. The average molecular weight is 80.1 g/mol. The van der Waals surface area contributed by atoms with Gasteiger partial charge in [-0.2, -0.15) is 0 Å². The van der Waals surface area contributed by atoms with E-state index in [9.17, 15) is 0 Å². The van der Waals surface area contributed by atoms with Gasteiger partial charge < -0.3 is 0 Å². The van der Waals surface area contributed by atoms with E-state index in [1.807, 2.05) is 0 Å². The molecule has 0 saturated carbocycles. The molecule has 1 aliphatic rings. The van der Waals surface area contributed by atoms with E-state index in [4.69, 9.17) is 0 Å². The van der Waals surface area contributed by atoms with Crippen LogP contribution < -0.4 is 0 Å². The molecule has 0 radical (unpaired) electrons. The van der Waals surface area contributed by atoms with E-state index in [0.717, 1.165) is 0 Å². The number of hydrogen-bond acceptors (Lipinski definition) is 0. The van der Waals surface area contributed by atoms with Crippen molar-refractivity contribution in [1.29, 1.82) is 0 Å². The van der Waals surface area contributed by atoms with Gasteiger partial charge in [0.15, 0.2) is 0 Å². The Labute approximate surface area is 38.6 Å². The van der Waals surface area contributed by atoms with Gasteiger partial charge in [0.05, 0.1) is 5.92 Å².